The van der Waals surface area contributed by atoms with E-state index in [1.165, 1.54) is 11.1 Å². The van der Waals surface area contributed by atoms with Gasteiger partial charge in [-0.1, -0.05) is 50.3 Å². The molecule has 0 spiro atoms. The topological polar surface area (TPSA) is 9.23 Å². The monoisotopic (exact) mass is 204 g/mol. The molecule has 1 heteroatoms. The second-order valence-corrected chi connectivity index (χ2v) is 3.88. The van der Waals surface area contributed by atoms with E-state index < -0.39 is 0 Å². The van der Waals surface area contributed by atoms with E-state index in [0.29, 0.717) is 12.5 Å². The summed E-state index contributed by atoms with van der Waals surface area (Å²) in [5, 5.41) is 0. The summed E-state index contributed by atoms with van der Waals surface area (Å²) in [4.78, 5) is 0. The van der Waals surface area contributed by atoms with Gasteiger partial charge < -0.3 is 4.74 Å². The normalized spacial score (nSPS) is 11.5. The molecule has 0 radical (unpaired) electrons. The van der Waals surface area contributed by atoms with Crippen LogP contribution in [0, 0.1) is 0 Å². The van der Waals surface area contributed by atoms with Crippen LogP contribution in [0.25, 0.3) is 6.08 Å². The fourth-order valence-electron chi connectivity index (χ4n) is 1.36. The average Bonchev–Trinajstić information content (AvgIpc) is 2.25. The molecular weight excluding hydrogens is 184 g/mol. The first-order valence-corrected chi connectivity index (χ1v) is 5.58. The second-order valence-electron chi connectivity index (χ2n) is 3.88. The van der Waals surface area contributed by atoms with Gasteiger partial charge in [-0.3, -0.25) is 0 Å². The van der Waals surface area contributed by atoms with E-state index in [1.54, 1.807) is 0 Å². The molecule has 1 nitrogen and oxygen atoms in total. The molecule has 0 aliphatic carbocycles. The van der Waals surface area contributed by atoms with Crippen LogP contribution < -0.4 is 0 Å². The lowest BCUT2D eigenvalue weighted by atomic mass is 10.0. The highest BCUT2D eigenvalue weighted by Gasteiger charge is 1.96. The van der Waals surface area contributed by atoms with Crippen molar-refractivity contribution in [1.82, 2.24) is 0 Å². The van der Waals surface area contributed by atoms with Crippen LogP contribution in [-0.4, -0.2) is 13.2 Å². The molecule has 0 aliphatic heterocycles. The summed E-state index contributed by atoms with van der Waals surface area (Å²) in [5.74, 6) is 0.603. The molecule has 82 valence electrons. The Labute approximate surface area is 92.8 Å². The first-order valence-electron chi connectivity index (χ1n) is 5.58. The van der Waals surface area contributed by atoms with Crippen molar-refractivity contribution in [3.63, 3.8) is 0 Å². The molecule has 0 amide bonds. The van der Waals surface area contributed by atoms with Crippen LogP contribution >= 0.6 is 0 Å². The Bertz CT molecular complexity index is 296. The summed E-state index contributed by atoms with van der Waals surface area (Å²) in [6.45, 7) is 7.89. The van der Waals surface area contributed by atoms with Gasteiger partial charge in [0.05, 0.1) is 6.61 Å². The van der Waals surface area contributed by atoms with Crippen molar-refractivity contribution in [3.8, 4) is 0 Å². The zero-order valence-electron chi connectivity index (χ0n) is 9.86. The molecule has 1 rings (SSSR count). The summed E-state index contributed by atoms with van der Waals surface area (Å²) in [6.07, 6.45) is 4.15. The molecular formula is C14H20O. The summed E-state index contributed by atoms with van der Waals surface area (Å²) < 4.78 is 5.23. The Morgan fingerprint density at radius 1 is 1.20 bits per heavy atom. The van der Waals surface area contributed by atoms with Gasteiger partial charge in [-0.2, -0.15) is 0 Å². The van der Waals surface area contributed by atoms with Crippen LogP contribution in [0.3, 0.4) is 0 Å². The molecule has 0 unspecified atom stereocenters. The van der Waals surface area contributed by atoms with E-state index in [2.05, 4.69) is 44.2 Å². The maximum absolute atomic E-state index is 5.23. The smallest absolute Gasteiger partial charge is 0.0650 e. The van der Waals surface area contributed by atoms with Gasteiger partial charge in [0.1, 0.15) is 0 Å². The largest absolute Gasteiger partial charge is 0.378 e. The van der Waals surface area contributed by atoms with Crippen LogP contribution in [0.2, 0.25) is 0 Å². The Kier molecular flexibility index (Phi) is 5.13. The molecule has 0 atom stereocenters. The summed E-state index contributed by atoms with van der Waals surface area (Å²) in [6, 6.07) is 8.67. The number of hydrogen-bond acceptors (Lipinski definition) is 1. The molecule has 15 heavy (non-hydrogen) atoms. The Morgan fingerprint density at radius 2 is 1.87 bits per heavy atom. The van der Waals surface area contributed by atoms with Gasteiger partial charge in [0.15, 0.2) is 0 Å². The first-order chi connectivity index (χ1) is 7.24. The van der Waals surface area contributed by atoms with E-state index in [-0.39, 0.29) is 0 Å². The number of benzene rings is 1. The quantitative estimate of drug-likeness (QED) is 0.662. The predicted octanol–water partition coefficient (Wildman–Crippen LogP) is 3.86. The maximum atomic E-state index is 5.23. The van der Waals surface area contributed by atoms with Crippen molar-refractivity contribution in [2.75, 3.05) is 13.2 Å². The lowest BCUT2D eigenvalue weighted by Gasteiger charge is -2.04. The van der Waals surface area contributed by atoms with Gasteiger partial charge in [-0.05, 0) is 24.0 Å². The van der Waals surface area contributed by atoms with Crippen molar-refractivity contribution >= 4 is 6.08 Å². The van der Waals surface area contributed by atoms with Crippen molar-refractivity contribution in [2.24, 2.45) is 0 Å². The fraction of sp³-hybridized carbons (Fsp3) is 0.429. The zero-order valence-corrected chi connectivity index (χ0v) is 9.86. The van der Waals surface area contributed by atoms with Crippen LogP contribution in [0.1, 0.15) is 37.8 Å². The Hall–Kier alpha value is -1.08. The molecule has 0 N–H and O–H groups in total. The second kappa shape index (κ2) is 6.41. The molecule has 0 aromatic heterocycles. The van der Waals surface area contributed by atoms with E-state index in [4.69, 9.17) is 4.74 Å². The lowest BCUT2D eigenvalue weighted by molar-refractivity contribution is 0.178. The summed E-state index contributed by atoms with van der Waals surface area (Å²) in [5.41, 5.74) is 2.62. The molecule has 0 heterocycles. The van der Waals surface area contributed by atoms with Crippen molar-refractivity contribution in [1.29, 1.82) is 0 Å². The van der Waals surface area contributed by atoms with Crippen LogP contribution in [-0.2, 0) is 4.74 Å². The molecule has 0 saturated carbocycles. The third kappa shape index (κ3) is 4.30. The lowest BCUT2D eigenvalue weighted by Crippen LogP contribution is -1.88. The number of hydrogen-bond donors (Lipinski definition) is 0. The van der Waals surface area contributed by atoms with Crippen LogP contribution in [0.5, 0.6) is 0 Å². The third-order valence-corrected chi connectivity index (χ3v) is 2.33. The summed E-state index contributed by atoms with van der Waals surface area (Å²) in [7, 11) is 0. The molecule has 0 fully saturated rings. The van der Waals surface area contributed by atoms with Gasteiger partial charge in [0, 0.05) is 6.61 Å². The maximum Gasteiger partial charge on any atom is 0.0650 e. The standard InChI is InChI=1S/C14H20O/c1-4-15-11-5-6-13-7-9-14(10-8-13)12(2)3/h5-10,12H,4,11H2,1-3H3. The van der Waals surface area contributed by atoms with Gasteiger partial charge in [0.2, 0.25) is 0 Å². The predicted molar refractivity (Wildman–Crippen MR) is 66.1 cm³/mol. The Morgan fingerprint density at radius 3 is 2.40 bits per heavy atom. The minimum atomic E-state index is 0.603. The van der Waals surface area contributed by atoms with E-state index in [0.717, 1.165) is 6.61 Å². The SMILES string of the molecule is CCOCC=Cc1ccc(C(C)C)cc1. The fourth-order valence-corrected chi connectivity index (χ4v) is 1.36. The summed E-state index contributed by atoms with van der Waals surface area (Å²) >= 11 is 0. The molecule has 0 bridgehead atoms. The molecule has 0 saturated heterocycles. The minimum Gasteiger partial charge on any atom is -0.378 e. The highest BCUT2D eigenvalue weighted by molar-refractivity contribution is 5.49. The minimum absolute atomic E-state index is 0.603. The molecule has 0 aliphatic rings. The zero-order chi connectivity index (χ0) is 11.1. The van der Waals surface area contributed by atoms with Crippen LogP contribution in [0.4, 0.5) is 0 Å². The van der Waals surface area contributed by atoms with Crippen molar-refractivity contribution in [3.05, 3.63) is 41.5 Å². The molecule has 1 aromatic carbocycles. The average molecular weight is 204 g/mol. The van der Waals surface area contributed by atoms with E-state index >= 15 is 0 Å². The van der Waals surface area contributed by atoms with Crippen molar-refractivity contribution in [2.45, 2.75) is 26.7 Å². The molecule has 1 aromatic rings. The van der Waals surface area contributed by atoms with E-state index in [9.17, 15) is 0 Å². The number of ether oxygens (including phenoxy) is 1. The van der Waals surface area contributed by atoms with Gasteiger partial charge in [-0.25, -0.2) is 0 Å². The third-order valence-electron chi connectivity index (χ3n) is 2.33. The first kappa shape index (κ1) is 12.0. The van der Waals surface area contributed by atoms with Gasteiger partial charge in [0.25, 0.3) is 0 Å². The van der Waals surface area contributed by atoms with Gasteiger partial charge in [-0.15, -0.1) is 0 Å². The van der Waals surface area contributed by atoms with Gasteiger partial charge >= 0.3 is 0 Å². The van der Waals surface area contributed by atoms with E-state index in [1.807, 2.05) is 13.0 Å². The number of rotatable bonds is 5. The Balaban J connectivity index is 2.53. The highest BCUT2D eigenvalue weighted by Crippen LogP contribution is 2.15. The van der Waals surface area contributed by atoms with Crippen LogP contribution in [0.15, 0.2) is 30.3 Å². The highest BCUT2D eigenvalue weighted by atomic mass is 16.5. The van der Waals surface area contributed by atoms with Crippen molar-refractivity contribution < 1.29 is 4.74 Å².